The number of aromatic amines is 1. The lowest BCUT2D eigenvalue weighted by Gasteiger charge is -2.09. The van der Waals surface area contributed by atoms with Gasteiger partial charge in [0.2, 0.25) is 0 Å². The summed E-state index contributed by atoms with van der Waals surface area (Å²) in [5.41, 5.74) is 4.69. The Morgan fingerprint density at radius 2 is 2.21 bits per heavy atom. The minimum atomic E-state index is 0.631. The normalized spacial score (nSPS) is 11.1. The van der Waals surface area contributed by atoms with Crippen LogP contribution in [0.4, 0.5) is 5.82 Å². The predicted molar refractivity (Wildman–Crippen MR) is 90.3 cm³/mol. The van der Waals surface area contributed by atoms with Crippen LogP contribution in [0.2, 0.25) is 0 Å². The fourth-order valence-corrected chi connectivity index (χ4v) is 2.68. The summed E-state index contributed by atoms with van der Waals surface area (Å²) in [5.74, 6) is 0.894. The molecule has 4 aromatic rings. The molecule has 0 saturated heterocycles. The third-order valence-electron chi connectivity index (χ3n) is 3.83. The summed E-state index contributed by atoms with van der Waals surface area (Å²) in [7, 11) is 1.95. The highest BCUT2D eigenvalue weighted by molar-refractivity contribution is 5.75. The van der Waals surface area contributed by atoms with Crippen molar-refractivity contribution in [1.82, 2.24) is 24.7 Å². The van der Waals surface area contributed by atoms with Gasteiger partial charge in [-0.1, -0.05) is 6.07 Å². The molecule has 4 aromatic heterocycles. The van der Waals surface area contributed by atoms with Crippen LogP contribution < -0.4 is 10.00 Å². The largest absolute Gasteiger partial charge is 0.364 e. The lowest BCUT2D eigenvalue weighted by Crippen LogP contribution is -2.28. The smallest absolute Gasteiger partial charge is 0.195 e. The van der Waals surface area contributed by atoms with E-state index >= 15 is 0 Å². The SMILES string of the molecule is Cc1cc(NCc2ccccn2)n2ncc(-c3cc[n+](C)[nH]3)c2n1. The standard InChI is InChI=1S/C17H17N7/c1-12-9-16(19-10-13-5-3-4-7-18-13)24-17(21-12)14(11-20-24)15-6-8-23(2)22-15/h3-9,11H,10H2,1-2H3,(H,19,20,21,22)/p+1. The van der Waals surface area contributed by atoms with Crippen molar-refractivity contribution in [3.63, 3.8) is 0 Å². The summed E-state index contributed by atoms with van der Waals surface area (Å²) < 4.78 is 3.72. The molecule has 0 aliphatic carbocycles. The Kier molecular flexibility index (Phi) is 3.45. The molecular formula is C17H18N7+. The van der Waals surface area contributed by atoms with Crippen molar-refractivity contribution in [2.45, 2.75) is 13.5 Å². The molecular weight excluding hydrogens is 302 g/mol. The Bertz CT molecular complexity index is 985. The monoisotopic (exact) mass is 320 g/mol. The highest BCUT2D eigenvalue weighted by Gasteiger charge is 2.14. The van der Waals surface area contributed by atoms with Gasteiger partial charge in [-0.3, -0.25) is 4.98 Å². The van der Waals surface area contributed by atoms with E-state index in [9.17, 15) is 0 Å². The first-order valence-corrected chi connectivity index (χ1v) is 7.75. The molecule has 0 aliphatic heterocycles. The Labute approximate surface area is 139 Å². The molecule has 0 fully saturated rings. The maximum atomic E-state index is 4.65. The number of pyridine rings is 1. The highest BCUT2D eigenvalue weighted by atomic mass is 15.3. The van der Waals surface area contributed by atoms with Crippen molar-refractivity contribution < 1.29 is 4.68 Å². The maximum Gasteiger partial charge on any atom is 0.195 e. The lowest BCUT2D eigenvalue weighted by atomic mass is 10.2. The van der Waals surface area contributed by atoms with Crippen LogP contribution in [0.5, 0.6) is 0 Å². The van der Waals surface area contributed by atoms with Gasteiger partial charge in [-0.15, -0.1) is 4.68 Å². The molecule has 2 N–H and O–H groups in total. The van der Waals surface area contributed by atoms with E-state index in [0.717, 1.165) is 34.1 Å². The first-order chi connectivity index (χ1) is 11.7. The number of hydrogen-bond donors (Lipinski definition) is 2. The minimum absolute atomic E-state index is 0.631. The van der Waals surface area contributed by atoms with Gasteiger partial charge >= 0.3 is 0 Å². The Hall–Kier alpha value is -3.22. The molecule has 7 heteroatoms. The lowest BCUT2D eigenvalue weighted by molar-refractivity contribution is -0.726. The van der Waals surface area contributed by atoms with E-state index in [1.54, 1.807) is 6.20 Å². The van der Waals surface area contributed by atoms with Crippen LogP contribution in [0.15, 0.2) is 48.9 Å². The van der Waals surface area contributed by atoms with Crippen molar-refractivity contribution in [2.24, 2.45) is 7.05 Å². The van der Waals surface area contributed by atoms with Gasteiger partial charge in [0.25, 0.3) is 0 Å². The van der Waals surface area contributed by atoms with Crippen molar-refractivity contribution in [3.05, 3.63) is 60.3 Å². The molecule has 0 unspecified atom stereocenters. The van der Waals surface area contributed by atoms with Gasteiger partial charge in [-0.05, 0) is 19.1 Å². The number of H-pyrrole nitrogens is 1. The highest BCUT2D eigenvalue weighted by Crippen LogP contribution is 2.23. The molecule has 24 heavy (non-hydrogen) atoms. The maximum absolute atomic E-state index is 4.65. The van der Waals surface area contributed by atoms with Crippen molar-refractivity contribution in [2.75, 3.05) is 5.32 Å². The molecule has 4 heterocycles. The number of aryl methyl sites for hydroxylation is 2. The van der Waals surface area contributed by atoms with Crippen LogP contribution in [0.1, 0.15) is 11.4 Å². The second-order valence-corrected chi connectivity index (χ2v) is 5.70. The number of anilines is 1. The second kappa shape index (κ2) is 5.77. The average molecular weight is 320 g/mol. The van der Waals surface area contributed by atoms with Crippen LogP contribution in [0, 0.1) is 6.92 Å². The fraction of sp³-hybridized carbons (Fsp3) is 0.176. The van der Waals surface area contributed by atoms with E-state index in [2.05, 4.69) is 25.5 Å². The van der Waals surface area contributed by atoms with Crippen molar-refractivity contribution in [1.29, 1.82) is 0 Å². The third kappa shape index (κ3) is 2.60. The topological polar surface area (TPSA) is 74.8 Å². The van der Waals surface area contributed by atoms with Gasteiger partial charge in [0.05, 0.1) is 24.0 Å². The summed E-state index contributed by atoms with van der Waals surface area (Å²) in [4.78, 5) is 8.99. The minimum Gasteiger partial charge on any atom is -0.364 e. The van der Waals surface area contributed by atoms with Crippen LogP contribution in [-0.2, 0) is 13.6 Å². The van der Waals surface area contributed by atoms with E-state index in [-0.39, 0.29) is 0 Å². The number of aromatic nitrogens is 6. The number of hydrogen-bond acceptors (Lipinski definition) is 4. The van der Waals surface area contributed by atoms with E-state index < -0.39 is 0 Å². The first kappa shape index (κ1) is 14.4. The Balaban J connectivity index is 1.72. The van der Waals surface area contributed by atoms with Crippen LogP contribution in [0.3, 0.4) is 0 Å². The molecule has 0 aromatic carbocycles. The number of nitrogens with one attached hydrogen (secondary N) is 2. The number of nitrogens with zero attached hydrogens (tertiary/aromatic N) is 5. The molecule has 7 nitrogen and oxygen atoms in total. The predicted octanol–water partition coefficient (Wildman–Crippen LogP) is 1.86. The zero-order valence-electron chi connectivity index (χ0n) is 13.6. The molecule has 0 aliphatic rings. The molecule has 0 atom stereocenters. The quantitative estimate of drug-likeness (QED) is 0.563. The summed E-state index contributed by atoms with van der Waals surface area (Å²) >= 11 is 0. The molecule has 0 amide bonds. The average Bonchev–Trinajstić information content (AvgIpc) is 3.19. The van der Waals surface area contributed by atoms with Crippen LogP contribution >= 0.6 is 0 Å². The van der Waals surface area contributed by atoms with E-state index in [0.29, 0.717) is 6.54 Å². The zero-order valence-corrected chi connectivity index (χ0v) is 13.6. The van der Waals surface area contributed by atoms with Gasteiger partial charge in [0, 0.05) is 24.0 Å². The zero-order chi connectivity index (χ0) is 16.5. The van der Waals surface area contributed by atoms with Crippen molar-refractivity contribution in [3.8, 4) is 11.3 Å². The number of rotatable bonds is 4. The van der Waals surface area contributed by atoms with Gasteiger partial charge in [-0.2, -0.15) is 14.7 Å². The third-order valence-corrected chi connectivity index (χ3v) is 3.83. The molecule has 0 bridgehead atoms. The van der Waals surface area contributed by atoms with Gasteiger partial charge in [0.1, 0.15) is 11.5 Å². The van der Waals surface area contributed by atoms with Crippen LogP contribution in [0.25, 0.3) is 16.9 Å². The van der Waals surface area contributed by atoms with E-state index in [4.69, 9.17) is 0 Å². The van der Waals surface area contributed by atoms with Gasteiger partial charge in [-0.25, -0.2) is 4.98 Å². The molecule has 0 radical (unpaired) electrons. The molecule has 0 saturated carbocycles. The molecule has 0 spiro atoms. The second-order valence-electron chi connectivity index (χ2n) is 5.70. The van der Waals surface area contributed by atoms with Gasteiger partial charge in [0.15, 0.2) is 18.9 Å². The van der Waals surface area contributed by atoms with Crippen molar-refractivity contribution >= 4 is 11.5 Å². The van der Waals surface area contributed by atoms with Gasteiger partial charge < -0.3 is 5.32 Å². The Morgan fingerprint density at radius 1 is 1.29 bits per heavy atom. The summed E-state index contributed by atoms with van der Waals surface area (Å²) in [6, 6.07) is 9.89. The summed E-state index contributed by atoms with van der Waals surface area (Å²) in [5, 5.41) is 11.2. The summed E-state index contributed by atoms with van der Waals surface area (Å²) in [6.07, 6.45) is 5.59. The Morgan fingerprint density at radius 3 is 2.96 bits per heavy atom. The first-order valence-electron chi connectivity index (χ1n) is 7.75. The number of fused-ring (bicyclic) bond motifs is 1. The summed E-state index contributed by atoms with van der Waals surface area (Å²) in [6.45, 7) is 2.61. The molecule has 120 valence electrons. The van der Waals surface area contributed by atoms with E-state index in [1.807, 2.05) is 65.9 Å². The fourth-order valence-electron chi connectivity index (χ4n) is 2.68. The molecule has 4 rings (SSSR count). The van der Waals surface area contributed by atoms with E-state index in [1.165, 1.54) is 0 Å². The van der Waals surface area contributed by atoms with Crippen LogP contribution in [-0.4, -0.2) is 24.7 Å².